The molecule has 21 heavy (non-hydrogen) atoms. The van der Waals surface area contributed by atoms with E-state index < -0.39 is 11.0 Å². The van der Waals surface area contributed by atoms with Crippen molar-refractivity contribution in [3.8, 4) is 0 Å². The van der Waals surface area contributed by atoms with Crippen LogP contribution in [0.25, 0.3) is 0 Å². The number of allylic oxidation sites excluding steroid dienone is 4. The highest BCUT2D eigenvalue weighted by atomic mass is 16.3. The average molecular weight is 290 g/mol. The lowest BCUT2D eigenvalue weighted by Gasteiger charge is -2.45. The van der Waals surface area contributed by atoms with Crippen molar-refractivity contribution in [1.82, 2.24) is 0 Å². The number of rotatable bonds is 5. The number of aliphatic hydroxyl groups is 1. The molecule has 0 aromatic rings. The number of ketones is 1. The average Bonchev–Trinajstić information content (AvgIpc) is 2.39. The Bertz CT molecular complexity index is 521. The Balaban J connectivity index is 3.35. The Hall–Kier alpha value is -1.48. The largest absolute Gasteiger partial charge is 0.381 e. The predicted molar refractivity (Wildman–Crippen MR) is 84.9 cm³/mol. The summed E-state index contributed by atoms with van der Waals surface area (Å²) in [6, 6.07) is 0. The SMILES string of the molecule is CCCC1=C(C)C(O)(/C=C/C(C)=C\C=O)C(C)(C)CC1=O. The summed E-state index contributed by atoms with van der Waals surface area (Å²) in [5, 5.41) is 11.2. The second kappa shape index (κ2) is 6.52. The Morgan fingerprint density at radius 2 is 2.00 bits per heavy atom. The second-order valence-electron chi connectivity index (χ2n) is 6.48. The summed E-state index contributed by atoms with van der Waals surface area (Å²) in [5.74, 6) is 0.137. The molecule has 0 saturated carbocycles. The van der Waals surface area contributed by atoms with Crippen LogP contribution < -0.4 is 0 Å². The third-order valence-corrected chi connectivity index (χ3v) is 4.41. The zero-order valence-electron chi connectivity index (χ0n) is 13.7. The van der Waals surface area contributed by atoms with Crippen LogP contribution in [0.5, 0.6) is 0 Å². The molecular weight excluding hydrogens is 264 g/mol. The molecule has 0 fully saturated rings. The van der Waals surface area contributed by atoms with Crippen LogP contribution >= 0.6 is 0 Å². The highest BCUT2D eigenvalue weighted by molar-refractivity contribution is 5.98. The molecule has 1 aliphatic rings. The van der Waals surface area contributed by atoms with E-state index in [0.717, 1.165) is 29.4 Å². The molecule has 0 amide bonds. The van der Waals surface area contributed by atoms with Crippen molar-refractivity contribution in [1.29, 1.82) is 0 Å². The molecule has 0 aromatic carbocycles. The van der Waals surface area contributed by atoms with E-state index >= 15 is 0 Å². The van der Waals surface area contributed by atoms with Crippen LogP contribution in [0.15, 0.2) is 34.9 Å². The lowest BCUT2D eigenvalue weighted by Crippen LogP contribution is -2.49. The first kappa shape index (κ1) is 17.6. The van der Waals surface area contributed by atoms with E-state index in [0.29, 0.717) is 12.8 Å². The normalized spacial score (nSPS) is 26.6. The fourth-order valence-electron chi connectivity index (χ4n) is 2.93. The fraction of sp³-hybridized carbons (Fsp3) is 0.556. The quantitative estimate of drug-likeness (QED) is 0.479. The van der Waals surface area contributed by atoms with Gasteiger partial charge in [0.15, 0.2) is 5.78 Å². The standard InChI is InChI=1S/C18H26O3/c1-6-7-15-14(3)18(21,10-8-13(2)9-11-19)17(4,5)12-16(15)20/h8-11,21H,6-7,12H2,1-5H3/b10-8+,13-9-. The number of hydrogen-bond donors (Lipinski definition) is 1. The summed E-state index contributed by atoms with van der Waals surface area (Å²) < 4.78 is 0. The van der Waals surface area contributed by atoms with Crippen molar-refractivity contribution in [2.45, 2.75) is 59.5 Å². The van der Waals surface area contributed by atoms with Crippen molar-refractivity contribution < 1.29 is 14.7 Å². The second-order valence-corrected chi connectivity index (χ2v) is 6.48. The molecule has 0 aliphatic heterocycles. The van der Waals surface area contributed by atoms with E-state index in [4.69, 9.17) is 0 Å². The first-order chi connectivity index (χ1) is 9.69. The van der Waals surface area contributed by atoms with Gasteiger partial charge in [0.05, 0.1) is 0 Å². The van der Waals surface area contributed by atoms with Gasteiger partial charge in [-0.2, -0.15) is 0 Å². The van der Waals surface area contributed by atoms with Gasteiger partial charge in [-0.05, 0) is 49.1 Å². The van der Waals surface area contributed by atoms with Crippen molar-refractivity contribution >= 4 is 12.1 Å². The molecule has 1 rings (SSSR count). The predicted octanol–water partition coefficient (Wildman–Crippen LogP) is 3.53. The van der Waals surface area contributed by atoms with Crippen LogP contribution in [-0.4, -0.2) is 22.8 Å². The Morgan fingerprint density at radius 1 is 1.38 bits per heavy atom. The van der Waals surface area contributed by atoms with E-state index in [1.807, 2.05) is 27.7 Å². The molecule has 3 nitrogen and oxygen atoms in total. The van der Waals surface area contributed by atoms with Crippen LogP contribution in [-0.2, 0) is 9.59 Å². The minimum absolute atomic E-state index is 0.137. The lowest BCUT2D eigenvalue weighted by atomic mass is 9.62. The summed E-state index contributed by atoms with van der Waals surface area (Å²) in [6.07, 6.45) is 7.55. The number of carbonyl (C=O) groups excluding carboxylic acids is 2. The van der Waals surface area contributed by atoms with Crippen LogP contribution in [0.2, 0.25) is 0 Å². The zero-order chi connectivity index (χ0) is 16.3. The van der Waals surface area contributed by atoms with Gasteiger partial charge in [-0.1, -0.05) is 33.3 Å². The molecule has 0 radical (unpaired) electrons. The molecule has 116 valence electrons. The van der Waals surface area contributed by atoms with Gasteiger partial charge in [0, 0.05) is 11.8 Å². The summed E-state index contributed by atoms with van der Waals surface area (Å²) in [4.78, 5) is 22.8. The summed E-state index contributed by atoms with van der Waals surface area (Å²) in [7, 11) is 0. The minimum atomic E-state index is -1.16. The lowest BCUT2D eigenvalue weighted by molar-refractivity contribution is -0.123. The molecule has 0 saturated heterocycles. The van der Waals surface area contributed by atoms with Crippen LogP contribution in [0.3, 0.4) is 0 Å². The van der Waals surface area contributed by atoms with Crippen molar-refractivity contribution in [2.24, 2.45) is 5.41 Å². The van der Waals surface area contributed by atoms with Crippen molar-refractivity contribution in [3.05, 3.63) is 34.9 Å². The smallest absolute Gasteiger partial charge is 0.159 e. The minimum Gasteiger partial charge on any atom is -0.381 e. The van der Waals surface area contributed by atoms with Gasteiger partial charge < -0.3 is 5.11 Å². The highest BCUT2D eigenvalue weighted by Crippen LogP contribution is 2.47. The topological polar surface area (TPSA) is 54.4 Å². The Morgan fingerprint density at radius 3 is 2.52 bits per heavy atom. The number of hydrogen-bond acceptors (Lipinski definition) is 3. The summed E-state index contributed by atoms with van der Waals surface area (Å²) in [6.45, 7) is 9.48. The Labute approximate surface area is 127 Å². The molecule has 3 heteroatoms. The first-order valence-corrected chi connectivity index (χ1v) is 7.46. The van der Waals surface area contributed by atoms with Crippen molar-refractivity contribution in [3.63, 3.8) is 0 Å². The third kappa shape index (κ3) is 3.41. The highest BCUT2D eigenvalue weighted by Gasteiger charge is 2.49. The number of Topliss-reactive ketones (excluding diaryl/α,β-unsaturated/α-hetero) is 1. The van der Waals surface area contributed by atoms with Gasteiger partial charge in [0.1, 0.15) is 11.9 Å². The molecule has 0 spiro atoms. The number of aldehydes is 1. The van der Waals surface area contributed by atoms with Crippen LogP contribution in [0.1, 0.15) is 53.9 Å². The van der Waals surface area contributed by atoms with E-state index in [9.17, 15) is 14.7 Å². The zero-order valence-corrected chi connectivity index (χ0v) is 13.7. The maximum Gasteiger partial charge on any atom is 0.159 e. The van der Waals surface area contributed by atoms with Gasteiger partial charge in [-0.3, -0.25) is 9.59 Å². The van der Waals surface area contributed by atoms with E-state index in [-0.39, 0.29) is 5.78 Å². The monoisotopic (exact) mass is 290 g/mol. The van der Waals surface area contributed by atoms with Gasteiger partial charge in [-0.15, -0.1) is 0 Å². The first-order valence-electron chi connectivity index (χ1n) is 7.46. The third-order valence-electron chi connectivity index (χ3n) is 4.41. The summed E-state index contributed by atoms with van der Waals surface area (Å²) in [5.41, 5.74) is 0.532. The maximum absolute atomic E-state index is 12.3. The maximum atomic E-state index is 12.3. The molecule has 0 bridgehead atoms. The van der Waals surface area contributed by atoms with E-state index in [1.54, 1.807) is 19.1 Å². The van der Waals surface area contributed by atoms with Crippen molar-refractivity contribution in [2.75, 3.05) is 0 Å². The Kier molecular flexibility index (Phi) is 5.46. The van der Waals surface area contributed by atoms with E-state index in [2.05, 4.69) is 0 Å². The van der Waals surface area contributed by atoms with Crippen LogP contribution in [0, 0.1) is 5.41 Å². The molecule has 1 atom stereocenters. The fourth-order valence-corrected chi connectivity index (χ4v) is 2.93. The molecule has 1 N–H and O–H groups in total. The molecule has 0 aromatic heterocycles. The van der Waals surface area contributed by atoms with Gasteiger partial charge in [-0.25, -0.2) is 0 Å². The molecular formula is C18H26O3. The summed E-state index contributed by atoms with van der Waals surface area (Å²) >= 11 is 0. The van der Waals surface area contributed by atoms with E-state index in [1.165, 1.54) is 6.08 Å². The molecule has 1 unspecified atom stereocenters. The van der Waals surface area contributed by atoms with Gasteiger partial charge in [0.25, 0.3) is 0 Å². The number of carbonyl (C=O) groups is 2. The molecule has 1 aliphatic carbocycles. The van der Waals surface area contributed by atoms with Gasteiger partial charge in [0.2, 0.25) is 0 Å². The van der Waals surface area contributed by atoms with Crippen LogP contribution in [0.4, 0.5) is 0 Å². The van der Waals surface area contributed by atoms with Gasteiger partial charge >= 0.3 is 0 Å². The molecule has 0 heterocycles.